The van der Waals surface area contributed by atoms with Gasteiger partial charge in [-0.2, -0.15) is 0 Å². The molecule has 2 N–H and O–H groups in total. The molecule has 3 rings (SSSR count). The summed E-state index contributed by atoms with van der Waals surface area (Å²) in [5.41, 5.74) is 2.91. The molecule has 0 saturated heterocycles. The van der Waals surface area contributed by atoms with Gasteiger partial charge in [-0.1, -0.05) is 6.07 Å². The molecule has 1 aromatic heterocycles. The number of nitrogens with zero attached hydrogens (tertiary/aromatic N) is 1. The standard InChI is InChI=1S/C15H17N3O2/c1-18-14(19)9-13(17-15(18)20)16-12-7-6-10-4-2-3-5-11(10)8-12/h6-9,16H,2-5H2,1H3,(H,17,20). The molecule has 0 radical (unpaired) electrons. The number of aromatic amines is 1. The first-order chi connectivity index (χ1) is 9.63. The predicted octanol–water partition coefficient (Wildman–Crippen LogP) is 1.70. The van der Waals surface area contributed by atoms with Crippen LogP contribution in [0.15, 0.2) is 33.9 Å². The van der Waals surface area contributed by atoms with Crippen LogP contribution in [0.5, 0.6) is 0 Å². The predicted molar refractivity (Wildman–Crippen MR) is 78.7 cm³/mol. The fourth-order valence-corrected chi connectivity index (χ4v) is 2.59. The number of H-pyrrole nitrogens is 1. The van der Waals surface area contributed by atoms with Crippen molar-refractivity contribution in [2.75, 3.05) is 5.32 Å². The average molecular weight is 271 g/mol. The maximum absolute atomic E-state index is 11.6. The van der Waals surface area contributed by atoms with E-state index in [4.69, 9.17) is 0 Å². The zero-order valence-corrected chi connectivity index (χ0v) is 11.4. The van der Waals surface area contributed by atoms with Gasteiger partial charge in [-0.15, -0.1) is 0 Å². The second-order valence-corrected chi connectivity index (χ2v) is 5.20. The lowest BCUT2D eigenvalue weighted by molar-refractivity contribution is 0.686. The molecule has 0 unspecified atom stereocenters. The maximum atomic E-state index is 11.6. The van der Waals surface area contributed by atoms with Crippen LogP contribution in [0.4, 0.5) is 11.5 Å². The van der Waals surface area contributed by atoms with Crippen molar-refractivity contribution in [1.29, 1.82) is 0 Å². The average Bonchev–Trinajstić information content (AvgIpc) is 2.44. The molecule has 2 aromatic rings. The Labute approximate surface area is 116 Å². The van der Waals surface area contributed by atoms with Crippen LogP contribution in [0.3, 0.4) is 0 Å². The summed E-state index contributed by atoms with van der Waals surface area (Å²) in [6, 6.07) is 7.60. The Bertz CT molecular complexity index is 727. The third-order valence-electron chi connectivity index (χ3n) is 3.77. The topological polar surface area (TPSA) is 66.9 Å². The summed E-state index contributed by atoms with van der Waals surface area (Å²) in [5, 5.41) is 3.09. The van der Waals surface area contributed by atoms with E-state index in [2.05, 4.69) is 22.4 Å². The highest BCUT2D eigenvalue weighted by atomic mass is 16.2. The van der Waals surface area contributed by atoms with Gasteiger partial charge in [0.2, 0.25) is 0 Å². The van der Waals surface area contributed by atoms with Crippen molar-refractivity contribution >= 4 is 11.5 Å². The molecule has 0 saturated carbocycles. The largest absolute Gasteiger partial charge is 0.342 e. The van der Waals surface area contributed by atoms with Crippen LogP contribution in [0.2, 0.25) is 0 Å². The molecular formula is C15H17N3O2. The van der Waals surface area contributed by atoms with E-state index in [1.807, 2.05) is 6.07 Å². The van der Waals surface area contributed by atoms with E-state index in [-0.39, 0.29) is 5.56 Å². The highest BCUT2D eigenvalue weighted by Crippen LogP contribution is 2.25. The molecule has 104 valence electrons. The van der Waals surface area contributed by atoms with Gasteiger partial charge in [-0.05, 0) is 48.9 Å². The summed E-state index contributed by atoms with van der Waals surface area (Å²) in [6.45, 7) is 0. The molecular weight excluding hydrogens is 254 g/mol. The normalized spacial score (nSPS) is 13.8. The summed E-state index contributed by atoms with van der Waals surface area (Å²) >= 11 is 0. The lowest BCUT2D eigenvalue weighted by Gasteiger charge is -2.17. The first-order valence-electron chi connectivity index (χ1n) is 6.83. The molecule has 20 heavy (non-hydrogen) atoms. The molecule has 5 nitrogen and oxygen atoms in total. The number of rotatable bonds is 2. The van der Waals surface area contributed by atoms with Crippen LogP contribution in [0.1, 0.15) is 24.0 Å². The second kappa shape index (κ2) is 5.00. The Kier molecular flexibility index (Phi) is 3.18. The van der Waals surface area contributed by atoms with Crippen molar-refractivity contribution in [2.45, 2.75) is 25.7 Å². The first kappa shape index (κ1) is 12.7. The Balaban J connectivity index is 1.92. The smallest absolute Gasteiger partial charge is 0.329 e. The van der Waals surface area contributed by atoms with Gasteiger partial charge in [-0.3, -0.25) is 14.3 Å². The molecule has 0 spiro atoms. The zero-order chi connectivity index (χ0) is 14.1. The first-order valence-corrected chi connectivity index (χ1v) is 6.83. The summed E-state index contributed by atoms with van der Waals surface area (Å²) < 4.78 is 1.04. The van der Waals surface area contributed by atoms with Gasteiger partial charge >= 0.3 is 5.69 Å². The number of nitrogens with one attached hydrogen (secondary N) is 2. The minimum absolute atomic E-state index is 0.325. The van der Waals surface area contributed by atoms with Crippen molar-refractivity contribution in [1.82, 2.24) is 9.55 Å². The van der Waals surface area contributed by atoms with Gasteiger partial charge < -0.3 is 5.32 Å². The number of aryl methyl sites for hydroxylation is 2. The van der Waals surface area contributed by atoms with E-state index in [0.29, 0.717) is 5.82 Å². The lowest BCUT2D eigenvalue weighted by atomic mass is 9.91. The second-order valence-electron chi connectivity index (χ2n) is 5.20. The zero-order valence-electron chi connectivity index (χ0n) is 11.4. The Morgan fingerprint density at radius 2 is 1.85 bits per heavy atom. The van der Waals surface area contributed by atoms with Gasteiger partial charge in [-0.25, -0.2) is 4.79 Å². The van der Waals surface area contributed by atoms with Gasteiger partial charge in [0.25, 0.3) is 5.56 Å². The summed E-state index contributed by atoms with van der Waals surface area (Å²) in [4.78, 5) is 25.8. The van der Waals surface area contributed by atoms with Crippen molar-refractivity contribution in [3.05, 3.63) is 56.2 Å². The Morgan fingerprint density at radius 1 is 1.10 bits per heavy atom. The minimum atomic E-state index is -0.419. The quantitative estimate of drug-likeness (QED) is 0.873. The van der Waals surface area contributed by atoms with Gasteiger partial charge in [0.1, 0.15) is 5.82 Å². The number of hydrogen-bond donors (Lipinski definition) is 2. The van der Waals surface area contributed by atoms with E-state index in [1.165, 1.54) is 37.1 Å². The highest BCUT2D eigenvalue weighted by Gasteiger charge is 2.09. The third kappa shape index (κ3) is 2.39. The molecule has 0 amide bonds. The van der Waals surface area contributed by atoms with Crippen LogP contribution in [0, 0.1) is 0 Å². The van der Waals surface area contributed by atoms with Crippen LogP contribution < -0.4 is 16.6 Å². The molecule has 0 fully saturated rings. The van der Waals surface area contributed by atoms with Gasteiger partial charge in [0.05, 0.1) is 0 Å². The van der Waals surface area contributed by atoms with Crippen molar-refractivity contribution in [3.8, 4) is 0 Å². The number of fused-ring (bicyclic) bond motifs is 1. The van der Waals surface area contributed by atoms with E-state index < -0.39 is 5.69 Å². The molecule has 1 aromatic carbocycles. The molecule has 5 heteroatoms. The minimum Gasteiger partial charge on any atom is -0.342 e. The SMILES string of the molecule is Cn1c(=O)cc(Nc2ccc3c(c2)CCCC3)[nH]c1=O. The van der Waals surface area contributed by atoms with E-state index in [1.54, 1.807) is 0 Å². The monoisotopic (exact) mass is 271 g/mol. The molecule has 0 bridgehead atoms. The Morgan fingerprint density at radius 3 is 2.60 bits per heavy atom. The number of anilines is 2. The fourth-order valence-electron chi connectivity index (χ4n) is 2.59. The maximum Gasteiger partial charge on any atom is 0.329 e. The van der Waals surface area contributed by atoms with Crippen LogP contribution >= 0.6 is 0 Å². The van der Waals surface area contributed by atoms with Crippen LogP contribution in [-0.4, -0.2) is 9.55 Å². The molecule has 1 aliphatic rings. The molecule has 1 aliphatic carbocycles. The number of hydrogen-bond acceptors (Lipinski definition) is 3. The lowest BCUT2D eigenvalue weighted by Crippen LogP contribution is -2.32. The van der Waals surface area contributed by atoms with Gasteiger partial charge in [0.15, 0.2) is 0 Å². The summed E-state index contributed by atoms with van der Waals surface area (Å²) in [6.07, 6.45) is 4.71. The molecule has 1 heterocycles. The highest BCUT2D eigenvalue weighted by molar-refractivity contribution is 5.58. The van der Waals surface area contributed by atoms with E-state index in [0.717, 1.165) is 23.1 Å². The van der Waals surface area contributed by atoms with E-state index in [9.17, 15) is 9.59 Å². The Hall–Kier alpha value is -2.30. The fraction of sp³-hybridized carbons (Fsp3) is 0.333. The van der Waals surface area contributed by atoms with Crippen molar-refractivity contribution in [2.24, 2.45) is 7.05 Å². The van der Waals surface area contributed by atoms with Gasteiger partial charge in [0, 0.05) is 18.8 Å². The molecule has 0 atom stereocenters. The third-order valence-corrected chi connectivity index (χ3v) is 3.77. The summed E-state index contributed by atoms with van der Waals surface area (Å²) in [5.74, 6) is 0.425. The van der Waals surface area contributed by atoms with Crippen LogP contribution in [0.25, 0.3) is 0 Å². The van der Waals surface area contributed by atoms with Crippen LogP contribution in [-0.2, 0) is 19.9 Å². The van der Waals surface area contributed by atoms with Crippen molar-refractivity contribution in [3.63, 3.8) is 0 Å². The number of aromatic nitrogens is 2. The van der Waals surface area contributed by atoms with Crippen molar-refractivity contribution < 1.29 is 0 Å². The number of benzene rings is 1. The summed E-state index contributed by atoms with van der Waals surface area (Å²) in [7, 11) is 1.45. The van der Waals surface area contributed by atoms with E-state index >= 15 is 0 Å². The molecule has 0 aliphatic heterocycles.